The van der Waals surface area contributed by atoms with Crippen LogP contribution in [0.25, 0.3) is 0 Å². The molecular weight excluding hydrogens is 358 g/mol. The molecule has 1 aromatic rings. The lowest BCUT2D eigenvalue weighted by molar-refractivity contribution is 0.310. The summed E-state index contributed by atoms with van der Waals surface area (Å²) >= 11 is 0. The van der Waals surface area contributed by atoms with Crippen molar-refractivity contribution in [1.29, 1.82) is 0 Å². The van der Waals surface area contributed by atoms with Gasteiger partial charge in [0.25, 0.3) is 0 Å². The van der Waals surface area contributed by atoms with Gasteiger partial charge >= 0.3 is 0 Å². The molecule has 29 heavy (non-hydrogen) atoms. The molecule has 0 radical (unpaired) electrons. The molecule has 0 aliphatic rings. The number of benzene rings is 1. The van der Waals surface area contributed by atoms with Crippen molar-refractivity contribution in [3.8, 4) is 11.5 Å². The predicted octanol–water partition coefficient (Wildman–Crippen LogP) is 7.66. The number of nitrogens with one attached hydrogen (secondary N) is 1. The monoisotopic (exact) mass is 405 g/mol. The molecule has 1 aromatic carbocycles. The van der Waals surface area contributed by atoms with Crippen molar-refractivity contribution in [3.63, 3.8) is 0 Å². The summed E-state index contributed by atoms with van der Waals surface area (Å²) in [4.78, 5) is 0. The largest absolute Gasteiger partial charge is 0.493 e. The predicted molar refractivity (Wildman–Crippen MR) is 126 cm³/mol. The molecule has 0 fully saturated rings. The van der Waals surface area contributed by atoms with Gasteiger partial charge in [-0.2, -0.15) is 0 Å². The van der Waals surface area contributed by atoms with Crippen LogP contribution in [0.1, 0.15) is 109 Å². The molecule has 0 aromatic heterocycles. The third kappa shape index (κ3) is 13.6. The molecule has 0 saturated heterocycles. The standard InChI is InChI=1S/C26H47NO2/c1-4-6-7-8-9-10-11-12-13-14-15-16-17-18-21-27-23-24-19-20-25(29-5-2)26(22-24)28-3/h19-20,22,27H,4-18,21,23H2,1-3H3. The van der Waals surface area contributed by atoms with Crippen molar-refractivity contribution in [1.82, 2.24) is 5.32 Å². The van der Waals surface area contributed by atoms with Crippen molar-refractivity contribution in [2.24, 2.45) is 0 Å². The second kappa shape index (κ2) is 18.8. The summed E-state index contributed by atoms with van der Waals surface area (Å²) in [6.45, 7) is 6.92. The van der Waals surface area contributed by atoms with E-state index in [1.165, 1.54) is 95.5 Å². The van der Waals surface area contributed by atoms with Crippen molar-refractivity contribution >= 4 is 0 Å². The van der Waals surface area contributed by atoms with Crippen LogP contribution in [0, 0.1) is 0 Å². The average Bonchev–Trinajstić information content (AvgIpc) is 2.74. The SMILES string of the molecule is CCCCCCCCCCCCCCCCNCc1ccc(OCC)c(OC)c1. The maximum absolute atomic E-state index is 5.57. The molecule has 1 rings (SSSR count). The molecule has 0 saturated carbocycles. The minimum Gasteiger partial charge on any atom is -0.493 e. The molecule has 3 heteroatoms. The molecule has 0 amide bonds. The zero-order valence-corrected chi connectivity index (χ0v) is 19.6. The van der Waals surface area contributed by atoms with Crippen LogP contribution in [0.2, 0.25) is 0 Å². The maximum atomic E-state index is 5.57. The van der Waals surface area contributed by atoms with Crippen LogP contribution in [0.15, 0.2) is 18.2 Å². The Morgan fingerprint density at radius 3 is 1.76 bits per heavy atom. The number of hydrogen-bond donors (Lipinski definition) is 1. The van der Waals surface area contributed by atoms with Gasteiger partial charge in [0, 0.05) is 6.54 Å². The van der Waals surface area contributed by atoms with E-state index in [0.717, 1.165) is 24.6 Å². The van der Waals surface area contributed by atoms with Gasteiger partial charge in [0.1, 0.15) is 0 Å². The van der Waals surface area contributed by atoms with Gasteiger partial charge in [-0.1, -0.05) is 96.5 Å². The van der Waals surface area contributed by atoms with Gasteiger partial charge in [-0.05, 0) is 37.6 Å². The molecule has 0 bridgehead atoms. The molecule has 1 N–H and O–H groups in total. The minimum atomic E-state index is 0.660. The Labute approximate surface area is 181 Å². The molecule has 0 aliphatic carbocycles. The molecule has 0 aliphatic heterocycles. The molecule has 0 spiro atoms. The molecule has 3 nitrogen and oxygen atoms in total. The van der Waals surface area contributed by atoms with Crippen LogP contribution in [0.3, 0.4) is 0 Å². The van der Waals surface area contributed by atoms with E-state index in [2.05, 4.69) is 24.4 Å². The molecular formula is C26H47NO2. The number of unbranched alkanes of at least 4 members (excludes halogenated alkanes) is 13. The van der Waals surface area contributed by atoms with Crippen LogP contribution in [0.4, 0.5) is 0 Å². The first-order valence-electron chi connectivity index (χ1n) is 12.3. The van der Waals surface area contributed by atoms with Crippen LogP contribution < -0.4 is 14.8 Å². The molecule has 0 heterocycles. The van der Waals surface area contributed by atoms with Crippen molar-refractivity contribution in [2.75, 3.05) is 20.3 Å². The van der Waals surface area contributed by atoms with Gasteiger partial charge in [-0.25, -0.2) is 0 Å². The summed E-state index contributed by atoms with van der Waals surface area (Å²) in [6, 6.07) is 6.20. The lowest BCUT2D eigenvalue weighted by atomic mass is 10.0. The highest BCUT2D eigenvalue weighted by Gasteiger charge is 2.05. The van der Waals surface area contributed by atoms with E-state index >= 15 is 0 Å². The van der Waals surface area contributed by atoms with Gasteiger partial charge < -0.3 is 14.8 Å². The van der Waals surface area contributed by atoms with Gasteiger partial charge in [0.15, 0.2) is 11.5 Å². The quantitative estimate of drug-likeness (QED) is 0.226. The van der Waals surface area contributed by atoms with Crippen LogP contribution in [-0.2, 0) is 6.54 Å². The van der Waals surface area contributed by atoms with Crippen LogP contribution in [0.5, 0.6) is 11.5 Å². The van der Waals surface area contributed by atoms with Gasteiger partial charge in [-0.15, -0.1) is 0 Å². The van der Waals surface area contributed by atoms with Gasteiger partial charge in [0.05, 0.1) is 13.7 Å². The van der Waals surface area contributed by atoms with Gasteiger partial charge in [0.2, 0.25) is 0 Å². The smallest absolute Gasteiger partial charge is 0.161 e. The van der Waals surface area contributed by atoms with E-state index < -0.39 is 0 Å². The third-order valence-electron chi connectivity index (χ3n) is 5.56. The second-order valence-electron chi connectivity index (χ2n) is 8.19. The Morgan fingerprint density at radius 1 is 0.690 bits per heavy atom. The molecule has 0 unspecified atom stereocenters. The first-order valence-corrected chi connectivity index (χ1v) is 12.3. The normalized spacial score (nSPS) is 11.0. The second-order valence-corrected chi connectivity index (χ2v) is 8.19. The third-order valence-corrected chi connectivity index (χ3v) is 5.56. The zero-order valence-electron chi connectivity index (χ0n) is 19.6. The highest BCUT2D eigenvalue weighted by Crippen LogP contribution is 2.27. The van der Waals surface area contributed by atoms with E-state index in [1.54, 1.807) is 7.11 Å². The Hall–Kier alpha value is -1.22. The highest BCUT2D eigenvalue weighted by molar-refractivity contribution is 5.42. The minimum absolute atomic E-state index is 0.660. The van der Waals surface area contributed by atoms with Crippen molar-refractivity contribution < 1.29 is 9.47 Å². The van der Waals surface area contributed by atoms with Crippen molar-refractivity contribution in [3.05, 3.63) is 23.8 Å². The summed E-state index contributed by atoms with van der Waals surface area (Å²) in [5.41, 5.74) is 1.25. The van der Waals surface area contributed by atoms with E-state index in [0.29, 0.717) is 6.61 Å². The fraction of sp³-hybridized carbons (Fsp3) is 0.769. The Bertz CT molecular complexity index is 490. The molecule has 0 atom stereocenters. The van der Waals surface area contributed by atoms with E-state index in [-0.39, 0.29) is 0 Å². The number of rotatable bonds is 20. The summed E-state index contributed by atoms with van der Waals surface area (Å²) in [5.74, 6) is 1.65. The average molecular weight is 406 g/mol. The highest BCUT2D eigenvalue weighted by atomic mass is 16.5. The first-order chi connectivity index (χ1) is 14.3. The van der Waals surface area contributed by atoms with E-state index in [1.807, 2.05) is 13.0 Å². The zero-order chi connectivity index (χ0) is 21.0. The van der Waals surface area contributed by atoms with Crippen LogP contribution >= 0.6 is 0 Å². The summed E-state index contributed by atoms with van der Waals surface area (Å²) in [5, 5.41) is 3.55. The summed E-state index contributed by atoms with van der Waals surface area (Å²) < 4.78 is 11.0. The lowest BCUT2D eigenvalue weighted by Gasteiger charge is -2.11. The van der Waals surface area contributed by atoms with E-state index in [9.17, 15) is 0 Å². The number of ether oxygens (including phenoxy) is 2. The Morgan fingerprint density at radius 2 is 1.24 bits per heavy atom. The fourth-order valence-corrected chi connectivity index (χ4v) is 3.77. The van der Waals surface area contributed by atoms with Crippen LogP contribution in [-0.4, -0.2) is 20.3 Å². The number of hydrogen-bond acceptors (Lipinski definition) is 3. The Kier molecular flexibility index (Phi) is 16.7. The van der Waals surface area contributed by atoms with Gasteiger partial charge in [-0.3, -0.25) is 0 Å². The maximum Gasteiger partial charge on any atom is 0.161 e. The van der Waals surface area contributed by atoms with E-state index in [4.69, 9.17) is 9.47 Å². The summed E-state index contributed by atoms with van der Waals surface area (Å²) in [7, 11) is 1.70. The summed E-state index contributed by atoms with van der Waals surface area (Å²) in [6.07, 6.45) is 19.8. The molecule has 168 valence electrons. The fourth-order valence-electron chi connectivity index (χ4n) is 3.77. The first kappa shape index (κ1) is 25.8. The van der Waals surface area contributed by atoms with Crippen molar-refractivity contribution in [2.45, 2.75) is 110 Å². The Balaban J connectivity index is 1.90. The lowest BCUT2D eigenvalue weighted by Crippen LogP contribution is -2.14. The topological polar surface area (TPSA) is 30.5 Å². The number of methoxy groups -OCH3 is 1.